The number of hydrogen-bond donors (Lipinski definition) is 0. The van der Waals surface area contributed by atoms with Gasteiger partial charge in [-0.2, -0.15) is 10.5 Å². The summed E-state index contributed by atoms with van der Waals surface area (Å²) in [5, 5.41) is 23.7. The fourth-order valence-corrected chi connectivity index (χ4v) is 9.44. The average molecular weight is 893 g/mol. The predicted molar refractivity (Wildman–Crippen MR) is 276 cm³/mol. The van der Waals surface area contributed by atoms with Gasteiger partial charge in [-0.1, -0.05) is 115 Å². The second kappa shape index (κ2) is 16.8. The topological polar surface area (TPSA) is 113 Å². The molecule has 0 radical (unpaired) electrons. The van der Waals surface area contributed by atoms with Gasteiger partial charge in [-0.05, 0) is 107 Å². The molecule has 0 unspecified atom stereocenters. The van der Waals surface area contributed by atoms with Crippen LogP contribution in [0.3, 0.4) is 0 Å². The van der Waals surface area contributed by atoms with Crippen molar-refractivity contribution in [1.82, 2.24) is 19.5 Å². The number of benzene rings is 9. The van der Waals surface area contributed by atoms with E-state index < -0.39 is 0 Å². The summed E-state index contributed by atoms with van der Waals surface area (Å²) in [7, 11) is 0. The summed E-state index contributed by atoms with van der Waals surface area (Å²) in [6.45, 7) is 15.6. The highest BCUT2D eigenvalue weighted by Gasteiger charge is 2.23. The Morgan fingerprint density at radius 1 is 0.414 bits per heavy atom. The summed E-state index contributed by atoms with van der Waals surface area (Å²) in [6.07, 6.45) is 0. The van der Waals surface area contributed by atoms with Gasteiger partial charge >= 0.3 is 0 Å². The van der Waals surface area contributed by atoms with E-state index in [0.29, 0.717) is 40.0 Å². The lowest BCUT2D eigenvalue weighted by Gasteiger charge is -2.17. The van der Waals surface area contributed by atoms with E-state index in [1.54, 1.807) is 36.4 Å². The third-order valence-electron chi connectivity index (χ3n) is 12.7. The van der Waals surface area contributed by atoms with Crippen molar-refractivity contribution in [1.29, 1.82) is 10.5 Å². The first-order valence-electron chi connectivity index (χ1n) is 22.3. The second-order valence-electron chi connectivity index (χ2n) is 16.8. The molecule has 0 saturated heterocycles. The van der Waals surface area contributed by atoms with Crippen molar-refractivity contribution in [2.75, 3.05) is 0 Å². The summed E-state index contributed by atoms with van der Waals surface area (Å²) in [5.41, 5.74) is 13.0. The first kappa shape index (κ1) is 41.0. The molecule has 9 nitrogen and oxygen atoms in total. The minimum absolute atomic E-state index is 0.372. The molecule has 12 rings (SSSR count). The Bertz CT molecular complexity index is 4040. The molecule has 0 aliphatic heterocycles. The van der Waals surface area contributed by atoms with Crippen molar-refractivity contribution in [3.05, 3.63) is 228 Å². The Morgan fingerprint density at radius 2 is 0.943 bits per heavy atom. The number of hydrogen-bond acceptors (Lipinski definition) is 6. The molecular formula is C61H32N8O. The van der Waals surface area contributed by atoms with Gasteiger partial charge in [0, 0.05) is 54.9 Å². The molecule has 0 atom stereocenters. The normalized spacial score (nSPS) is 11.1. The van der Waals surface area contributed by atoms with Gasteiger partial charge in [0.1, 0.15) is 11.2 Å². The van der Waals surface area contributed by atoms with Gasteiger partial charge in [-0.15, -0.1) is 0 Å². The van der Waals surface area contributed by atoms with E-state index >= 15 is 0 Å². The monoisotopic (exact) mass is 892 g/mol. The molecule has 0 fully saturated rings. The lowest BCUT2D eigenvalue weighted by Crippen LogP contribution is -2.04. The van der Waals surface area contributed by atoms with Crippen molar-refractivity contribution >= 4 is 55.1 Å². The zero-order valence-electron chi connectivity index (χ0n) is 37.0. The first-order valence-corrected chi connectivity index (χ1v) is 22.3. The van der Waals surface area contributed by atoms with Crippen LogP contribution in [0.5, 0.6) is 0 Å². The fourth-order valence-electron chi connectivity index (χ4n) is 9.44. The van der Waals surface area contributed by atoms with E-state index in [4.69, 9.17) is 32.5 Å². The Kier molecular flexibility index (Phi) is 9.82. The smallest absolute Gasteiger partial charge is 0.189 e. The Balaban J connectivity index is 1.17. The molecule has 12 aromatic rings. The van der Waals surface area contributed by atoms with Crippen molar-refractivity contribution in [2.24, 2.45) is 0 Å². The van der Waals surface area contributed by atoms with E-state index in [2.05, 4.69) is 93.1 Å². The molecular weight excluding hydrogens is 861 g/mol. The van der Waals surface area contributed by atoms with Crippen LogP contribution >= 0.6 is 0 Å². The lowest BCUT2D eigenvalue weighted by atomic mass is 9.98. The zero-order valence-corrected chi connectivity index (χ0v) is 37.0. The third-order valence-corrected chi connectivity index (χ3v) is 12.7. The van der Waals surface area contributed by atoms with Crippen LogP contribution in [0.1, 0.15) is 11.1 Å². The number of para-hydroxylation sites is 2. The van der Waals surface area contributed by atoms with Crippen molar-refractivity contribution in [3.8, 4) is 85.4 Å². The minimum atomic E-state index is 0.372. The predicted octanol–water partition coefficient (Wildman–Crippen LogP) is 15.7. The maximum atomic E-state index is 9.93. The summed E-state index contributed by atoms with van der Waals surface area (Å²) >= 11 is 0. The van der Waals surface area contributed by atoms with Crippen molar-refractivity contribution < 1.29 is 4.42 Å². The van der Waals surface area contributed by atoms with Crippen LogP contribution in [0.4, 0.5) is 11.4 Å². The molecule has 70 heavy (non-hydrogen) atoms. The van der Waals surface area contributed by atoms with Crippen LogP contribution in [-0.2, 0) is 0 Å². The van der Waals surface area contributed by atoms with E-state index in [1.165, 1.54) is 0 Å². The first-order chi connectivity index (χ1) is 34.5. The van der Waals surface area contributed by atoms with Crippen molar-refractivity contribution in [3.63, 3.8) is 0 Å². The van der Waals surface area contributed by atoms with Crippen LogP contribution in [0, 0.1) is 35.8 Å². The molecule has 9 aromatic carbocycles. The van der Waals surface area contributed by atoms with Gasteiger partial charge in [0.15, 0.2) is 28.8 Å². The fraction of sp³-hybridized carbons (Fsp3) is 0. The molecule has 0 saturated carbocycles. The average Bonchev–Trinajstić information content (AvgIpc) is 3.98. The Labute approximate surface area is 401 Å². The molecule has 3 heterocycles. The van der Waals surface area contributed by atoms with E-state index in [-0.39, 0.29) is 0 Å². The van der Waals surface area contributed by atoms with Gasteiger partial charge in [0.2, 0.25) is 0 Å². The molecule has 0 bridgehead atoms. The number of nitrogens with zero attached hydrogens (tertiary/aromatic N) is 8. The van der Waals surface area contributed by atoms with Gasteiger partial charge in [-0.25, -0.2) is 24.6 Å². The number of nitriles is 2. The second-order valence-corrected chi connectivity index (χ2v) is 16.8. The molecule has 0 amide bonds. The standard InChI is InChI=1S/C61H32N8O/c1-64-46-28-37(35-62)26-44(30-46)41-20-23-54-51(32-41)52-33-42(45-27-38(36-63)29-47(31-45)65-2)21-24-55(52)69(54)56-25-22-43(48-17-11-18-50-49-16-9-10-19-57(49)70-58(48)50)34-53(56)61-67-59(39-12-5-3-6-13-39)66-60(68-61)40-14-7-4-8-15-40/h3-34H. The number of fused-ring (bicyclic) bond motifs is 6. The van der Waals surface area contributed by atoms with Crippen LogP contribution in [0.25, 0.3) is 127 Å². The van der Waals surface area contributed by atoms with Crippen molar-refractivity contribution in [2.45, 2.75) is 0 Å². The summed E-state index contributed by atoms with van der Waals surface area (Å²) in [6, 6.07) is 67.6. The van der Waals surface area contributed by atoms with Crippen LogP contribution in [-0.4, -0.2) is 19.5 Å². The third kappa shape index (κ3) is 7.05. The largest absolute Gasteiger partial charge is 0.455 e. The molecule has 9 heteroatoms. The molecule has 0 N–H and O–H groups in total. The SMILES string of the molecule is [C-]#[N+]c1cc(C#N)cc(-c2ccc3c(c2)c2cc(-c4cc(C#N)cc([N+]#[C-])c4)ccc2n3-c2ccc(-c3cccc4c3oc3ccccc34)cc2-c2nc(-c3ccccc3)nc(-c3ccccc3)n2)c1. The summed E-state index contributed by atoms with van der Waals surface area (Å²) in [5.74, 6) is 1.51. The molecule has 0 aliphatic carbocycles. The van der Waals surface area contributed by atoms with E-state index in [1.807, 2.05) is 91.0 Å². The Morgan fingerprint density at radius 3 is 1.51 bits per heavy atom. The van der Waals surface area contributed by atoms with E-state index in [9.17, 15) is 10.5 Å². The molecule has 0 aliphatic rings. The van der Waals surface area contributed by atoms with Gasteiger partial charge in [0.05, 0.1) is 42.0 Å². The molecule has 322 valence electrons. The van der Waals surface area contributed by atoms with Gasteiger partial charge in [0.25, 0.3) is 0 Å². The van der Waals surface area contributed by atoms with Crippen LogP contribution in [0.15, 0.2) is 199 Å². The minimum Gasteiger partial charge on any atom is -0.455 e. The van der Waals surface area contributed by atoms with E-state index in [0.717, 1.165) is 99.5 Å². The zero-order chi connectivity index (χ0) is 47.3. The summed E-state index contributed by atoms with van der Waals surface area (Å²) in [4.78, 5) is 22.9. The van der Waals surface area contributed by atoms with Crippen LogP contribution in [0.2, 0.25) is 0 Å². The highest BCUT2D eigenvalue weighted by Crippen LogP contribution is 2.43. The van der Waals surface area contributed by atoms with Gasteiger partial charge in [-0.3, -0.25) is 0 Å². The maximum absolute atomic E-state index is 9.93. The van der Waals surface area contributed by atoms with Gasteiger partial charge < -0.3 is 8.98 Å². The maximum Gasteiger partial charge on any atom is 0.189 e. The molecule has 3 aromatic heterocycles. The number of rotatable bonds is 7. The highest BCUT2D eigenvalue weighted by atomic mass is 16.3. The highest BCUT2D eigenvalue weighted by molar-refractivity contribution is 6.13. The number of aromatic nitrogens is 4. The van der Waals surface area contributed by atoms with Crippen LogP contribution < -0.4 is 0 Å². The number of furan rings is 1. The lowest BCUT2D eigenvalue weighted by molar-refractivity contribution is 0.670. The quantitative estimate of drug-likeness (QED) is 0.147. The Hall–Kier alpha value is -10.5. The molecule has 0 spiro atoms. The summed E-state index contributed by atoms with van der Waals surface area (Å²) < 4.78 is 8.82.